The van der Waals surface area contributed by atoms with Gasteiger partial charge in [-0.1, -0.05) is 24.3 Å². The van der Waals surface area contributed by atoms with Crippen LogP contribution in [-0.2, 0) is 6.18 Å². The molecule has 0 radical (unpaired) electrons. The molecule has 0 saturated heterocycles. The molecule has 3 rings (SSSR count). The second-order valence-corrected chi connectivity index (χ2v) is 6.40. The molecule has 3 aromatic rings. The number of alkyl halides is 9. The summed E-state index contributed by atoms with van der Waals surface area (Å²) >= 11 is 0. The van der Waals surface area contributed by atoms with E-state index in [4.69, 9.17) is 0 Å². The van der Waals surface area contributed by atoms with Crippen molar-refractivity contribution in [3.05, 3.63) is 60.3 Å². The Labute approximate surface area is 178 Å². The van der Waals surface area contributed by atoms with Crippen LogP contribution in [0.5, 0.6) is 17.2 Å². The van der Waals surface area contributed by atoms with E-state index < -0.39 is 53.1 Å². The van der Waals surface area contributed by atoms with Gasteiger partial charge in [0.2, 0.25) is 0 Å². The van der Waals surface area contributed by atoms with Crippen molar-refractivity contribution in [2.24, 2.45) is 0 Å². The summed E-state index contributed by atoms with van der Waals surface area (Å²) in [5.74, 6) is -2.48. The minimum absolute atomic E-state index is 0.300. The van der Waals surface area contributed by atoms with Crippen molar-refractivity contribution in [1.29, 1.82) is 0 Å². The third-order valence-corrected chi connectivity index (χ3v) is 4.00. The number of hydrogen-bond donors (Lipinski definition) is 1. The molecule has 1 N–H and O–H groups in total. The normalized spacial score (nSPS) is 12.5. The van der Waals surface area contributed by atoms with Gasteiger partial charge in [-0.2, -0.15) is 13.2 Å². The van der Waals surface area contributed by atoms with Crippen molar-refractivity contribution in [2.45, 2.75) is 18.9 Å². The third kappa shape index (κ3) is 6.20. The van der Waals surface area contributed by atoms with Crippen molar-refractivity contribution in [2.75, 3.05) is 0 Å². The topological polar surface area (TPSA) is 51.6 Å². The summed E-state index contributed by atoms with van der Waals surface area (Å²) in [4.78, 5) is 3.30. The minimum Gasteiger partial charge on any atom is -0.505 e. The van der Waals surface area contributed by atoms with Gasteiger partial charge >= 0.3 is 18.9 Å². The van der Waals surface area contributed by atoms with Gasteiger partial charge in [0.1, 0.15) is 28.6 Å². The van der Waals surface area contributed by atoms with E-state index in [0.29, 0.717) is 12.1 Å². The van der Waals surface area contributed by atoms with Crippen LogP contribution in [0.15, 0.2) is 54.6 Å². The molecule has 0 aliphatic heterocycles. The number of benzene rings is 2. The molecule has 0 spiro atoms. The molecule has 4 nitrogen and oxygen atoms in total. The van der Waals surface area contributed by atoms with Gasteiger partial charge in [0.15, 0.2) is 0 Å². The Kier molecular flexibility index (Phi) is 6.09. The molecule has 1 heterocycles. The number of pyridine rings is 1. The molecule has 0 saturated carbocycles. The average Bonchev–Trinajstić information content (AvgIpc) is 2.65. The summed E-state index contributed by atoms with van der Waals surface area (Å²) < 4.78 is 123. The Morgan fingerprint density at radius 1 is 0.667 bits per heavy atom. The lowest BCUT2D eigenvalue weighted by Crippen LogP contribution is -2.17. The van der Waals surface area contributed by atoms with Gasteiger partial charge in [-0.25, -0.2) is 4.98 Å². The maximum atomic E-state index is 13.4. The van der Waals surface area contributed by atoms with Crippen LogP contribution in [0.1, 0.15) is 5.69 Å². The summed E-state index contributed by atoms with van der Waals surface area (Å²) in [6.45, 7) is 0. The van der Waals surface area contributed by atoms with Crippen LogP contribution in [0.4, 0.5) is 39.5 Å². The van der Waals surface area contributed by atoms with E-state index in [1.54, 1.807) is 0 Å². The predicted octanol–water partition coefficient (Wildman–Crippen LogP) is 6.94. The molecule has 0 bridgehead atoms. The Hall–Kier alpha value is -3.64. The van der Waals surface area contributed by atoms with Crippen LogP contribution < -0.4 is 9.47 Å². The molecule has 0 amide bonds. The van der Waals surface area contributed by atoms with E-state index in [2.05, 4.69) is 14.5 Å². The highest BCUT2D eigenvalue weighted by molar-refractivity contribution is 5.81. The van der Waals surface area contributed by atoms with Gasteiger partial charge in [-0.3, -0.25) is 0 Å². The van der Waals surface area contributed by atoms with Crippen molar-refractivity contribution in [3.63, 3.8) is 0 Å². The second kappa shape index (κ2) is 8.37. The number of rotatable bonds is 4. The van der Waals surface area contributed by atoms with Gasteiger partial charge in [0.05, 0.1) is 0 Å². The molecule has 0 fully saturated rings. The number of aromatic hydroxyl groups is 1. The lowest BCUT2D eigenvalue weighted by molar-refractivity contribution is -0.275. The highest BCUT2D eigenvalue weighted by Gasteiger charge is 2.36. The second-order valence-electron chi connectivity index (χ2n) is 6.40. The zero-order chi connectivity index (χ0) is 24.6. The van der Waals surface area contributed by atoms with E-state index in [0.717, 1.165) is 42.5 Å². The fraction of sp³-hybridized carbons (Fsp3) is 0.150. The van der Waals surface area contributed by atoms with E-state index in [1.807, 2.05) is 0 Å². The quantitative estimate of drug-likeness (QED) is 0.409. The van der Waals surface area contributed by atoms with Gasteiger partial charge in [-0.15, -0.1) is 26.3 Å². The zero-order valence-corrected chi connectivity index (χ0v) is 15.8. The molecule has 13 heteroatoms. The Bertz CT molecular complexity index is 1070. The lowest BCUT2D eigenvalue weighted by atomic mass is 10.00. The molecule has 1 aromatic heterocycles. The molecule has 0 atom stereocenters. The zero-order valence-electron chi connectivity index (χ0n) is 15.8. The largest absolute Gasteiger partial charge is 0.573 e. The molecule has 33 heavy (non-hydrogen) atoms. The average molecular weight is 483 g/mol. The smallest absolute Gasteiger partial charge is 0.505 e. The molecule has 2 aromatic carbocycles. The fourth-order valence-corrected chi connectivity index (χ4v) is 2.81. The van der Waals surface area contributed by atoms with Gasteiger partial charge in [-0.05, 0) is 35.9 Å². The Balaban J connectivity index is 2.18. The third-order valence-electron chi connectivity index (χ3n) is 4.00. The molecule has 0 aliphatic carbocycles. The van der Waals surface area contributed by atoms with Crippen molar-refractivity contribution >= 4 is 0 Å². The summed E-state index contributed by atoms with van der Waals surface area (Å²) in [6, 6.07) is 7.82. The molecular formula is C20H10F9NO3. The standard InChI is InChI=1S/C20H10F9NO3/c21-18(22,23)15-9-14(10-3-1-5-12(7-10)32-19(24,25)26)17(31)16(30-15)11-4-2-6-13(8-11)33-20(27,28)29/h1-9,31H. The Morgan fingerprint density at radius 2 is 1.15 bits per heavy atom. The van der Waals surface area contributed by atoms with Crippen LogP contribution in [0.2, 0.25) is 0 Å². The summed E-state index contributed by atoms with van der Waals surface area (Å²) in [7, 11) is 0. The van der Waals surface area contributed by atoms with E-state index >= 15 is 0 Å². The van der Waals surface area contributed by atoms with E-state index in [-0.39, 0.29) is 11.1 Å². The Morgan fingerprint density at radius 3 is 1.64 bits per heavy atom. The summed E-state index contributed by atoms with van der Waals surface area (Å²) in [5.41, 5.74) is -3.57. The number of nitrogens with zero attached hydrogens (tertiary/aromatic N) is 1. The maximum absolute atomic E-state index is 13.4. The highest BCUT2D eigenvalue weighted by atomic mass is 19.4. The summed E-state index contributed by atoms with van der Waals surface area (Å²) in [6.07, 6.45) is -15.2. The molecular weight excluding hydrogens is 473 g/mol. The van der Waals surface area contributed by atoms with E-state index in [1.165, 1.54) is 0 Å². The van der Waals surface area contributed by atoms with Gasteiger partial charge in [0, 0.05) is 11.1 Å². The van der Waals surface area contributed by atoms with E-state index in [9.17, 15) is 44.6 Å². The lowest BCUT2D eigenvalue weighted by Gasteiger charge is -2.16. The first kappa shape index (κ1) is 24.0. The van der Waals surface area contributed by atoms with Crippen LogP contribution >= 0.6 is 0 Å². The van der Waals surface area contributed by atoms with Gasteiger partial charge in [0.25, 0.3) is 0 Å². The number of ether oxygens (including phenoxy) is 2. The first-order valence-electron chi connectivity index (χ1n) is 8.66. The SMILES string of the molecule is Oc1c(-c2cccc(OC(F)(F)F)c2)cc(C(F)(F)F)nc1-c1cccc(OC(F)(F)F)c1. The van der Waals surface area contributed by atoms with Crippen LogP contribution in [0.3, 0.4) is 0 Å². The first-order valence-corrected chi connectivity index (χ1v) is 8.66. The molecule has 176 valence electrons. The van der Waals surface area contributed by atoms with Crippen molar-refractivity contribution < 1.29 is 54.1 Å². The predicted molar refractivity (Wildman–Crippen MR) is 95.1 cm³/mol. The molecule has 0 aliphatic rings. The number of hydrogen-bond acceptors (Lipinski definition) is 4. The monoisotopic (exact) mass is 483 g/mol. The fourth-order valence-electron chi connectivity index (χ4n) is 2.81. The number of aromatic nitrogens is 1. The summed E-state index contributed by atoms with van der Waals surface area (Å²) in [5, 5.41) is 10.6. The van der Waals surface area contributed by atoms with Crippen LogP contribution in [-0.4, -0.2) is 22.8 Å². The van der Waals surface area contributed by atoms with Gasteiger partial charge < -0.3 is 14.6 Å². The maximum Gasteiger partial charge on any atom is 0.573 e. The first-order chi connectivity index (χ1) is 15.1. The van der Waals surface area contributed by atoms with Crippen LogP contribution in [0, 0.1) is 0 Å². The number of halogens is 9. The van der Waals surface area contributed by atoms with Crippen molar-refractivity contribution in [3.8, 4) is 39.6 Å². The van der Waals surface area contributed by atoms with Crippen molar-refractivity contribution in [1.82, 2.24) is 4.98 Å². The van der Waals surface area contributed by atoms with Crippen LogP contribution in [0.25, 0.3) is 22.4 Å². The highest BCUT2D eigenvalue weighted by Crippen LogP contribution is 2.42. The minimum atomic E-state index is -5.09. The molecule has 0 unspecified atom stereocenters.